The standard InChI is InChI=1S/C13H9F2NO3/c14-13(15)19-11-5-9(4-10(17)6-11)12(18)8-2-1-3-16-7-8/h1-7,13,17H. The number of pyridine rings is 1. The average molecular weight is 265 g/mol. The van der Waals surface area contributed by atoms with E-state index >= 15 is 0 Å². The van der Waals surface area contributed by atoms with Gasteiger partial charge in [0.15, 0.2) is 5.78 Å². The topological polar surface area (TPSA) is 59.4 Å². The summed E-state index contributed by atoms with van der Waals surface area (Å²) in [5.74, 6) is -1.05. The van der Waals surface area contributed by atoms with Crippen molar-refractivity contribution in [3.63, 3.8) is 0 Å². The first-order valence-electron chi connectivity index (χ1n) is 5.30. The van der Waals surface area contributed by atoms with Crippen molar-refractivity contribution in [2.24, 2.45) is 0 Å². The fourth-order valence-corrected chi connectivity index (χ4v) is 1.55. The second-order valence-corrected chi connectivity index (χ2v) is 3.66. The van der Waals surface area contributed by atoms with E-state index in [9.17, 15) is 18.7 Å². The molecule has 1 aromatic heterocycles. The molecule has 0 amide bonds. The van der Waals surface area contributed by atoms with Crippen LogP contribution < -0.4 is 4.74 Å². The van der Waals surface area contributed by atoms with Crippen LogP contribution in [-0.4, -0.2) is 22.5 Å². The summed E-state index contributed by atoms with van der Waals surface area (Å²) in [4.78, 5) is 15.8. The first-order valence-corrected chi connectivity index (χ1v) is 5.30. The molecule has 0 radical (unpaired) electrons. The van der Waals surface area contributed by atoms with Crippen LogP contribution in [0.5, 0.6) is 11.5 Å². The number of alkyl halides is 2. The number of ether oxygens (including phenoxy) is 1. The number of ketones is 1. The lowest BCUT2D eigenvalue weighted by atomic mass is 10.0. The van der Waals surface area contributed by atoms with Crippen molar-refractivity contribution in [2.75, 3.05) is 0 Å². The normalized spacial score (nSPS) is 10.5. The Morgan fingerprint density at radius 1 is 1.26 bits per heavy atom. The number of benzene rings is 1. The number of aromatic hydroxyl groups is 1. The minimum absolute atomic E-state index is 0.0450. The predicted octanol–water partition coefficient (Wildman–Crippen LogP) is 2.62. The number of hydrogen-bond donors (Lipinski definition) is 1. The maximum Gasteiger partial charge on any atom is 0.387 e. The van der Waals surface area contributed by atoms with Crippen LogP contribution in [0.1, 0.15) is 15.9 Å². The summed E-state index contributed by atoms with van der Waals surface area (Å²) in [6, 6.07) is 6.43. The van der Waals surface area contributed by atoms with Gasteiger partial charge in [0.25, 0.3) is 0 Å². The molecule has 1 N–H and O–H groups in total. The molecule has 98 valence electrons. The lowest BCUT2D eigenvalue weighted by molar-refractivity contribution is -0.0499. The van der Waals surface area contributed by atoms with E-state index in [0.717, 1.165) is 12.1 Å². The van der Waals surface area contributed by atoms with Gasteiger partial charge in [-0.3, -0.25) is 9.78 Å². The van der Waals surface area contributed by atoms with E-state index in [4.69, 9.17) is 0 Å². The first-order chi connectivity index (χ1) is 9.06. The Hall–Kier alpha value is -2.50. The van der Waals surface area contributed by atoms with E-state index in [1.807, 2.05) is 0 Å². The SMILES string of the molecule is O=C(c1cccnc1)c1cc(O)cc(OC(F)F)c1. The van der Waals surface area contributed by atoms with Crippen LogP contribution in [0.2, 0.25) is 0 Å². The van der Waals surface area contributed by atoms with Crippen molar-refractivity contribution in [3.05, 3.63) is 53.9 Å². The summed E-state index contributed by atoms with van der Waals surface area (Å²) in [6.07, 6.45) is 2.85. The van der Waals surface area contributed by atoms with Gasteiger partial charge in [-0.25, -0.2) is 0 Å². The van der Waals surface area contributed by atoms with Crippen LogP contribution in [0.15, 0.2) is 42.7 Å². The van der Waals surface area contributed by atoms with E-state index in [1.165, 1.54) is 24.5 Å². The smallest absolute Gasteiger partial charge is 0.387 e. The average Bonchev–Trinajstić information content (AvgIpc) is 2.37. The molecule has 6 heteroatoms. The molecule has 0 saturated carbocycles. The minimum atomic E-state index is -3.02. The number of carbonyl (C=O) groups is 1. The monoisotopic (exact) mass is 265 g/mol. The fraction of sp³-hybridized carbons (Fsp3) is 0.0769. The molecular weight excluding hydrogens is 256 g/mol. The van der Waals surface area contributed by atoms with Crippen LogP contribution in [0, 0.1) is 0 Å². The summed E-state index contributed by atoms with van der Waals surface area (Å²) in [7, 11) is 0. The number of hydrogen-bond acceptors (Lipinski definition) is 4. The lowest BCUT2D eigenvalue weighted by Gasteiger charge is -2.07. The molecule has 0 aliphatic rings. The van der Waals surface area contributed by atoms with Gasteiger partial charge in [-0.05, 0) is 24.3 Å². The minimum Gasteiger partial charge on any atom is -0.508 e. The summed E-state index contributed by atoms with van der Waals surface area (Å²) >= 11 is 0. The van der Waals surface area contributed by atoms with Crippen molar-refractivity contribution in [2.45, 2.75) is 6.61 Å². The molecule has 4 nitrogen and oxygen atoms in total. The van der Waals surface area contributed by atoms with E-state index in [2.05, 4.69) is 9.72 Å². The van der Waals surface area contributed by atoms with Gasteiger partial charge in [0, 0.05) is 29.6 Å². The lowest BCUT2D eigenvalue weighted by Crippen LogP contribution is -2.05. The summed E-state index contributed by atoms with van der Waals surface area (Å²) in [5.41, 5.74) is 0.333. The quantitative estimate of drug-likeness (QED) is 0.863. The van der Waals surface area contributed by atoms with Gasteiger partial charge < -0.3 is 9.84 Å². The molecule has 0 saturated heterocycles. The van der Waals surface area contributed by atoms with Gasteiger partial charge in [0.2, 0.25) is 0 Å². The number of phenolic OH excluding ortho intramolecular Hbond substituents is 1. The van der Waals surface area contributed by atoms with Crippen molar-refractivity contribution in [3.8, 4) is 11.5 Å². The number of carbonyl (C=O) groups excluding carboxylic acids is 1. The van der Waals surface area contributed by atoms with Crippen molar-refractivity contribution >= 4 is 5.78 Å². The second-order valence-electron chi connectivity index (χ2n) is 3.66. The fourth-order valence-electron chi connectivity index (χ4n) is 1.55. The van der Waals surface area contributed by atoms with Crippen LogP contribution in [0.25, 0.3) is 0 Å². The molecule has 0 aliphatic carbocycles. The molecule has 1 heterocycles. The van der Waals surface area contributed by atoms with Gasteiger partial charge >= 0.3 is 6.61 Å². The van der Waals surface area contributed by atoms with Crippen LogP contribution in [0.3, 0.4) is 0 Å². The Balaban J connectivity index is 2.34. The van der Waals surface area contributed by atoms with Crippen molar-refractivity contribution in [1.29, 1.82) is 0 Å². The summed E-state index contributed by atoms with van der Waals surface area (Å²) in [6.45, 7) is -3.02. The molecule has 0 atom stereocenters. The van der Waals surface area contributed by atoms with Crippen LogP contribution >= 0.6 is 0 Å². The Labute approximate surface area is 107 Å². The zero-order chi connectivity index (χ0) is 13.8. The van der Waals surface area contributed by atoms with E-state index in [1.54, 1.807) is 6.07 Å². The number of phenols is 1. The number of rotatable bonds is 4. The molecule has 0 spiro atoms. The van der Waals surface area contributed by atoms with Gasteiger partial charge in [-0.2, -0.15) is 8.78 Å². The van der Waals surface area contributed by atoms with Gasteiger partial charge in [-0.1, -0.05) is 0 Å². The van der Waals surface area contributed by atoms with E-state index in [-0.39, 0.29) is 22.6 Å². The molecular formula is C13H9F2NO3. The number of aromatic nitrogens is 1. The second kappa shape index (κ2) is 5.43. The molecule has 19 heavy (non-hydrogen) atoms. The molecule has 2 aromatic rings. The molecule has 2 rings (SSSR count). The Kier molecular flexibility index (Phi) is 3.70. The molecule has 0 fully saturated rings. The first kappa shape index (κ1) is 12.9. The zero-order valence-corrected chi connectivity index (χ0v) is 9.59. The Bertz CT molecular complexity index is 588. The van der Waals surface area contributed by atoms with Gasteiger partial charge in [0.05, 0.1) is 0 Å². The third-order valence-electron chi connectivity index (χ3n) is 2.30. The predicted molar refractivity (Wildman–Crippen MR) is 62.4 cm³/mol. The Morgan fingerprint density at radius 3 is 2.68 bits per heavy atom. The highest BCUT2D eigenvalue weighted by Gasteiger charge is 2.13. The van der Waals surface area contributed by atoms with E-state index < -0.39 is 12.4 Å². The maximum absolute atomic E-state index is 12.1. The zero-order valence-electron chi connectivity index (χ0n) is 9.59. The largest absolute Gasteiger partial charge is 0.508 e. The summed E-state index contributed by atoms with van der Waals surface area (Å²) in [5, 5.41) is 9.41. The van der Waals surface area contributed by atoms with Gasteiger partial charge in [0.1, 0.15) is 11.5 Å². The highest BCUT2D eigenvalue weighted by atomic mass is 19.3. The van der Waals surface area contributed by atoms with Gasteiger partial charge in [-0.15, -0.1) is 0 Å². The Morgan fingerprint density at radius 2 is 2.05 bits per heavy atom. The van der Waals surface area contributed by atoms with E-state index in [0.29, 0.717) is 0 Å². The van der Waals surface area contributed by atoms with Crippen LogP contribution in [-0.2, 0) is 0 Å². The maximum atomic E-state index is 12.1. The van der Waals surface area contributed by atoms with Crippen LogP contribution in [0.4, 0.5) is 8.78 Å². The van der Waals surface area contributed by atoms with Crippen molar-refractivity contribution < 1.29 is 23.4 Å². The molecule has 1 aromatic carbocycles. The van der Waals surface area contributed by atoms with Crippen molar-refractivity contribution in [1.82, 2.24) is 4.98 Å². The highest BCUT2D eigenvalue weighted by molar-refractivity contribution is 6.09. The summed E-state index contributed by atoms with van der Waals surface area (Å²) < 4.78 is 28.4. The number of halogens is 2. The number of nitrogens with zero attached hydrogens (tertiary/aromatic N) is 1. The third-order valence-corrected chi connectivity index (χ3v) is 2.30. The molecule has 0 unspecified atom stereocenters. The molecule has 0 bridgehead atoms. The highest BCUT2D eigenvalue weighted by Crippen LogP contribution is 2.24. The third kappa shape index (κ3) is 3.25. The molecule has 0 aliphatic heterocycles.